The van der Waals surface area contributed by atoms with Crippen LogP contribution in [0.4, 0.5) is 4.39 Å². The van der Waals surface area contributed by atoms with Gasteiger partial charge in [0.05, 0.1) is 12.1 Å². The Balaban J connectivity index is 1.63. The number of alkyl halides is 1. The minimum absolute atomic E-state index is 0.129. The van der Waals surface area contributed by atoms with E-state index in [1.54, 1.807) is 26.0 Å². The molecule has 1 fully saturated rings. The van der Waals surface area contributed by atoms with Gasteiger partial charge in [-0.15, -0.1) is 0 Å². The minimum Gasteiger partial charge on any atom is -0.508 e. The molecule has 4 nitrogen and oxygen atoms in total. The van der Waals surface area contributed by atoms with Crippen molar-refractivity contribution < 1.29 is 14.3 Å². The summed E-state index contributed by atoms with van der Waals surface area (Å²) in [6, 6.07) is 4.43. The van der Waals surface area contributed by atoms with E-state index in [-0.39, 0.29) is 17.7 Å². The van der Waals surface area contributed by atoms with Crippen molar-refractivity contribution in [2.75, 3.05) is 0 Å². The van der Waals surface area contributed by atoms with Crippen LogP contribution in [0.3, 0.4) is 0 Å². The van der Waals surface area contributed by atoms with Gasteiger partial charge >= 0.3 is 0 Å². The third-order valence-corrected chi connectivity index (χ3v) is 5.91. The smallest absolute Gasteiger partial charge is 0.237 e. The molecule has 0 radical (unpaired) electrons. The largest absolute Gasteiger partial charge is 0.508 e. The van der Waals surface area contributed by atoms with Crippen LogP contribution in [0.2, 0.25) is 0 Å². The highest BCUT2D eigenvalue weighted by molar-refractivity contribution is 5.83. The van der Waals surface area contributed by atoms with Crippen molar-refractivity contribution in [3.05, 3.63) is 29.3 Å². The summed E-state index contributed by atoms with van der Waals surface area (Å²) >= 11 is 0. The number of benzene rings is 1. The van der Waals surface area contributed by atoms with E-state index in [2.05, 4.69) is 10.6 Å². The Morgan fingerprint density at radius 1 is 1.31 bits per heavy atom. The molecule has 1 heterocycles. The lowest BCUT2D eigenvalue weighted by Gasteiger charge is -2.34. The molecule has 1 aromatic carbocycles. The van der Waals surface area contributed by atoms with Crippen LogP contribution in [0.1, 0.15) is 63.5 Å². The summed E-state index contributed by atoms with van der Waals surface area (Å²) < 4.78 is 14.8. The fourth-order valence-corrected chi connectivity index (χ4v) is 4.23. The third kappa shape index (κ3) is 4.76. The molecule has 0 saturated heterocycles. The topological polar surface area (TPSA) is 61.4 Å². The van der Waals surface area contributed by atoms with E-state index in [0.29, 0.717) is 25.3 Å². The van der Waals surface area contributed by atoms with Crippen LogP contribution in [0.15, 0.2) is 18.2 Å². The number of rotatable bonds is 5. The number of hydrogen-bond acceptors (Lipinski definition) is 3. The van der Waals surface area contributed by atoms with Crippen molar-refractivity contribution in [3.8, 4) is 5.75 Å². The van der Waals surface area contributed by atoms with Crippen LogP contribution in [-0.4, -0.2) is 28.8 Å². The standard InChI is InChI=1S/C21H31FN2O2/c1-21(2,22)19(10-14-6-4-3-5-7-14)24-20(26)18-12-15-8-9-17(25)11-16(15)13-23-18/h8-9,11,14,18-19,23,25H,3-7,10,12-13H2,1-2H3,(H,24,26)/t18-,19-/m1/s1. The van der Waals surface area contributed by atoms with E-state index in [9.17, 15) is 14.3 Å². The van der Waals surface area contributed by atoms with Crippen molar-refractivity contribution in [3.63, 3.8) is 0 Å². The van der Waals surface area contributed by atoms with Crippen molar-refractivity contribution in [2.24, 2.45) is 5.92 Å². The zero-order valence-corrected chi connectivity index (χ0v) is 15.9. The predicted molar refractivity (Wildman–Crippen MR) is 101 cm³/mol. The molecule has 1 aliphatic carbocycles. The fourth-order valence-electron chi connectivity index (χ4n) is 4.23. The third-order valence-electron chi connectivity index (χ3n) is 5.91. The Labute approximate surface area is 155 Å². The molecule has 5 heteroatoms. The van der Waals surface area contributed by atoms with Gasteiger partial charge < -0.3 is 15.7 Å². The first-order chi connectivity index (χ1) is 12.3. The fraction of sp³-hybridized carbons (Fsp3) is 0.667. The molecule has 0 unspecified atom stereocenters. The van der Waals surface area contributed by atoms with E-state index in [1.807, 2.05) is 6.07 Å². The maximum atomic E-state index is 14.8. The summed E-state index contributed by atoms with van der Waals surface area (Å²) in [6.45, 7) is 3.66. The first-order valence-corrected chi connectivity index (χ1v) is 9.86. The molecule has 0 aromatic heterocycles. The molecule has 144 valence electrons. The van der Waals surface area contributed by atoms with Crippen molar-refractivity contribution in [2.45, 2.75) is 83.1 Å². The number of carbonyl (C=O) groups excluding carboxylic acids is 1. The summed E-state index contributed by atoms with van der Waals surface area (Å²) in [7, 11) is 0. The first kappa shape index (κ1) is 19.2. The number of nitrogens with one attached hydrogen (secondary N) is 2. The number of hydrogen-bond donors (Lipinski definition) is 3. The van der Waals surface area contributed by atoms with Crippen LogP contribution in [-0.2, 0) is 17.8 Å². The molecule has 1 amide bonds. The number of carbonyl (C=O) groups is 1. The quantitative estimate of drug-likeness (QED) is 0.750. The van der Waals surface area contributed by atoms with Crippen LogP contribution in [0.25, 0.3) is 0 Å². The Hall–Kier alpha value is -1.62. The average Bonchev–Trinajstić information content (AvgIpc) is 2.60. The summed E-state index contributed by atoms with van der Waals surface area (Å²) in [5.41, 5.74) is 0.634. The predicted octanol–water partition coefficient (Wildman–Crippen LogP) is 3.61. The highest BCUT2D eigenvalue weighted by atomic mass is 19.1. The molecule has 3 rings (SSSR count). The van der Waals surface area contributed by atoms with Crippen LogP contribution < -0.4 is 10.6 Å². The molecule has 0 bridgehead atoms. The molecule has 3 N–H and O–H groups in total. The number of phenols is 1. The molecule has 26 heavy (non-hydrogen) atoms. The molecular weight excluding hydrogens is 331 g/mol. The van der Waals surface area contributed by atoms with Gasteiger partial charge in [0.1, 0.15) is 11.4 Å². The van der Waals surface area contributed by atoms with Gasteiger partial charge in [0.25, 0.3) is 0 Å². The van der Waals surface area contributed by atoms with Crippen LogP contribution in [0.5, 0.6) is 5.75 Å². The van der Waals surface area contributed by atoms with Gasteiger partial charge in [0.2, 0.25) is 5.91 Å². The number of phenolic OH excluding ortho intramolecular Hbond substituents is 1. The second-order valence-electron chi connectivity index (χ2n) is 8.46. The van der Waals surface area contributed by atoms with Crippen molar-refractivity contribution in [1.82, 2.24) is 10.6 Å². The van der Waals surface area contributed by atoms with Crippen molar-refractivity contribution in [1.29, 1.82) is 0 Å². The van der Waals surface area contributed by atoms with Gasteiger partial charge in [-0.25, -0.2) is 4.39 Å². The zero-order chi connectivity index (χ0) is 18.7. The maximum Gasteiger partial charge on any atom is 0.237 e. The van der Waals surface area contributed by atoms with E-state index in [0.717, 1.165) is 24.0 Å². The summed E-state index contributed by atoms with van der Waals surface area (Å²) in [6.07, 6.45) is 7.25. The lowest BCUT2D eigenvalue weighted by atomic mass is 9.81. The second kappa shape index (κ2) is 7.95. The zero-order valence-electron chi connectivity index (χ0n) is 15.9. The summed E-state index contributed by atoms with van der Waals surface area (Å²) in [4.78, 5) is 12.8. The van der Waals surface area contributed by atoms with Crippen molar-refractivity contribution >= 4 is 5.91 Å². The molecule has 2 atom stereocenters. The number of halogens is 1. The average molecular weight is 362 g/mol. The molecule has 0 spiro atoms. The molecule has 1 saturated carbocycles. The summed E-state index contributed by atoms with van der Waals surface area (Å²) in [5, 5.41) is 15.8. The molecular formula is C21H31FN2O2. The van der Waals surface area contributed by atoms with Gasteiger partial charge in [-0.1, -0.05) is 38.2 Å². The minimum atomic E-state index is -1.44. The highest BCUT2D eigenvalue weighted by Gasteiger charge is 2.35. The SMILES string of the molecule is CC(C)(F)[C@@H](CC1CCCCC1)NC(=O)[C@H]1Cc2ccc(O)cc2CN1. The Morgan fingerprint density at radius 3 is 2.73 bits per heavy atom. The van der Waals surface area contributed by atoms with Gasteiger partial charge in [-0.05, 0) is 55.9 Å². The Morgan fingerprint density at radius 2 is 2.04 bits per heavy atom. The second-order valence-corrected chi connectivity index (χ2v) is 8.46. The van der Waals surface area contributed by atoms with E-state index in [1.165, 1.54) is 19.3 Å². The lowest BCUT2D eigenvalue weighted by molar-refractivity contribution is -0.125. The van der Waals surface area contributed by atoms with E-state index < -0.39 is 11.7 Å². The Kier molecular flexibility index (Phi) is 5.86. The molecule has 2 aliphatic rings. The molecule has 1 aliphatic heterocycles. The van der Waals surface area contributed by atoms with Crippen LogP contribution >= 0.6 is 0 Å². The highest BCUT2D eigenvalue weighted by Crippen LogP contribution is 2.31. The number of fused-ring (bicyclic) bond motifs is 1. The lowest BCUT2D eigenvalue weighted by Crippen LogP contribution is -2.55. The number of aromatic hydroxyl groups is 1. The summed E-state index contributed by atoms with van der Waals surface area (Å²) in [5.74, 6) is 0.613. The monoisotopic (exact) mass is 362 g/mol. The normalized spacial score (nSPS) is 22.5. The van der Waals surface area contributed by atoms with Gasteiger partial charge in [-0.2, -0.15) is 0 Å². The van der Waals surface area contributed by atoms with Gasteiger partial charge in [0, 0.05) is 6.54 Å². The number of amides is 1. The van der Waals surface area contributed by atoms with Gasteiger partial charge in [-0.3, -0.25) is 4.79 Å². The Bertz CT molecular complexity index is 635. The van der Waals surface area contributed by atoms with E-state index >= 15 is 0 Å². The molecule has 1 aromatic rings. The van der Waals surface area contributed by atoms with Gasteiger partial charge in [0.15, 0.2) is 0 Å². The first-order valence-electron chi connectivity index (χ1n) is 9.86. The van der Waals surface area contributed by atoms with E-state index in [4.69, 9.17) is 0 Å². The maximum absolute atomic E-state index is 14.8. The van der Waals surface area contributed by atoms with Crippen LogP contribution in [0, 0.1) is 5.92 Å².